The van der Waals surface area contributed by atoms with Crippen LogP contribution in [0.2, 0.25) is 0 Å². The molecule has 0 saturated carbocycles. The summed E-state index contributed by atoms with van der Waals surface area (Å²) < 4.78 is 4.39. The van der Waals surface area contributed by atoms with Crippen molar-refractivity contribution in [2.75, 3.05) is 5.75 Å². The molecule has 0 radical (unpaired) electrons. The fourth-order valence-corrected chi connectivity index (χ4v) is 4.52. The van der Waals surface area contributed by atoms with Crippen LogP contribution in [-0.4, -0.2) is 25.1 Å². The van der Waals surface area contributed by atoms with E-state index in [9.17, 15) is 9.59 Å². The largest absolute Gasteiger partial charge is 0.330 e. The monoisotopic (exact) mass is 344 g/mol. The van der Waals surface area contributed by atoms with Gasteiger partial charge in [0.15, 0.2) is 8.68 Å². The summed E-state index contributed by atoms with van der Waals surface area (Å²) >= 11 is 4.73. The molecule has 0 aliphatic heterocycles. The lowest BCUT2D eigenvalue weighted by molar-refractivity contribution is 0.665. The zero-order chi connectivity index (χ0) is 15.4. The van der Waals surface area contributed by atoms with Crippen LogP contribution in [-0.2, 0) is 19.8 Å². The van der Waals surface area contributed by atoms with Gasteiger partial charge in [-0.05, 0) is 6.42 Å². The van der Waals surface area contributed by atoms with Gasteiger partial charge in [-0.15, -0.1) is 10.2 Å². The molecule has 0 amide bonds. The summed E-state index contributed by atoms with van der Waals surface area (Å²) in [5, 5.41) is 8.23. The molecule has 21 heavy (non-hydrogen) atoms. The first-order valence-electron chi connectivity index (χ1n) is 6.38. The normalized spacial score (nSPS) is 11.0. The highest BCUT2D eigenvalue weighted by Crippen LogP contribution is 2.30. The van der Waals surface area contributed by atoms with Crippen LogP contribution in [0, 0.1) is 0 Å². The van der Waals surface area contributed by atoms with Crippen LogP contribution >= 0.6 is 34.9 Å². The molecule has 0 bridgehead atoms. The summed E-state index contributed by atoms with van der Waals surface area (Å²) in [6.07, 6.45) is 1.10. The van der Waals surface area contributed by atoms with Gasteiger partial charge in [-0.2, -0.15) is 0 Å². The molecule has 0 spiro atoms. The highest BCUT2D eigenvalue weighted by molar-refractivity contribution is 8.02. The van der Waals surface area contributed by atoms with E-state index in [0.717, 1.165) is 25.4 Å². The van der Waals surface area contributed by atoms with Crippen LogP contribution < -0.4 is 11.2 Å². The van der Waals surface area contributed by atoms with Crippen molar-refractivity contribution in [3.05, 3.63) is 32.6 Å². The molecule has 0 atom stereocenters. The zero-order valence-corrected chi connectivity index (χ0v) is 14.5. The molecule has 0 N–H and O–H groups in total. The van der Waals surface area contributed by atoms with Crippen LogP contribution in [0.25, 0.3) is 0 Å². The Kier molecular flexibility index (Phi) is 5.65. The van der Waals surface area contributed by atoms with Crippen LogP contribution in [0.3, 0.4) is 0 Å². The molecular formula is C12H16N4O2S3. The van der Waals surface area contributed by atoms with Crippen molar-refractivity contribution < 1.29 is 0 Å². The van der Waals surface area contributed by atoms with Gasteiger partial charge in [0.25, 0.3) is 5.56 Å². The van der Waals surface area contributed by atoms with Crippen LogP contribution in [0.1, 0.15) is 19.0 Å². The Morgan fingerprint density at radius 2 is 1.81 bits per heavy atom. The molecule has 2 aromatic heterocycles. The third-order valence-corrected chi connectivity index (χ3v) is 6.22. The van der Waals surface area contributed by atoms with E-state index in [-0.39, 0.29) is 11.2 Å². The summed E-state index contributed by atoms with van der Waals surface area (Å²) in [5.41, 5.74) is 0.0887. The summed E-state index contributed by atoms with van der Waals surface area (Å²) in [7, 11) is 3.14. The number of thioether (sulfide) groups is 2. The summed E-state index contributed by atoms with van der Waals surface area (Å²) in [5.74, 6) is 1.55. The van der Waals surface area contributed by atoms with Crippen molar-refractivity contribution in [3.8, 4) is 0 Å². The molecule has 0 unspecified atom stereocenters. The van der Waals surface area contributed by atoms with Gasteiger partial charge in [-0.25, -0.2) is 4.79 Å². The maximum atomic E-state index is 11.8. The van der Waals surface area contributed by atoms with E-state index in [1.54, 1.807) is 30.1 Å². The van der Waals surface area contributed by atoms with Crippen molar-refractivity contribution in [1.82, 2.24) is 19.3 Å². The van der Waals surface area contributed by atoms with E-state index >= 15 is 0 Å². The van der Waals surface area contributed by atoms with E-state index < -0.39 is 0 Å². The van der Waals surface area contributed by atoms with E-state index in [2.05, 4.69) is 17.1 Å². The molecule has 0 aliphatic carbocycles. The molecular weight excluding hydrogens is 328 g/mol. The number of aromatic nitrogens is 4. The maximum absolute atomic E-state index is 11.8. The molecule has 2 rings (SSSR count). The lowest BCUT2D eigenvalue weighted by Crippen LogP contribution is -2.37. The minimum absolute atomic E-state index is 0.287. The second-order valence-electron chi connectivity index (χ2n) is 4.35. The Hall–Kier alpha value is -1.06. The van der Waals surface area contributed by atoms with Crippen LogP contribution in [0.5, 0.6) is 0 Å². The zero-order valence-electron chi connectivity index (χ0n) is 12.0. The van der Waals surface area contributed by atoms with E-state index in [4.69, 9.17) is 0 Å². The van der Waals surface area contributed by atoms with Crippen molar-refractivity contribution in [3.63, 3.8) is 0 Å². The van der Waals surface area contributed by atoms with Gasteiger partial charge >= 0.3 is 5.69 Å². The van der Waals surface area contributed by atoms with Crippen LogP contribution in [0.15, 0.2) is 24.3 Å². The Morgan fingerprint density at radius 3 is 2.48 bits per heavy atom. The molecule has 6 nitrogen and oxygen atoms in total. The molecule has 0 fully saturated rings. The van der Waals surface area contributed by atoms with Gasteiger partial charge in [-0.1, -0.05) is 41.8 Å². The minimum atomic E-state index is -0.311. The first kappa shape index (κ1) is 16.3. The Balaban J connectivity index is 2.08. The standard InChI is InChI=1S/C12H16N4O2S3/c1-4-5-19-10-13-14-11(21-10)20-7-8-6-9(17)16(3)12(18)15(8)2/h6H,4-5,7H2,1-3H3. The molecule has 0 saturated heterocycles. The Labute approximate surface area is 134 Å². The van der Waals surface area contributed by atoms with Gasteiger partial charge in [-0.3, -0.25) is 13.9 Å². The molecule has 2 heterocycles. The van der Waals surface area contributed by atoms with Crippen LogP contribution in [0.4, 0.5) is 0 Å². The van der Waals surface area contributed by atoms with Gasteiger partial charge in [0.2, 0.25) is 0 Å². The van der Waals surface area contributed by atoms with Gasteiger partial charge in [0, 0.05) is 37.4 Å². The predicted molar refractivity (Wildman–Crippen MR) is 87.4 cm³/mol. The third kappa shape index (κ3) is 3.98. The second-order valence-corrected chi connectivity index (χ2v) is 7.89. The minimum Gasteiger partial charge on any atom is -0.300 e. The average molecular weight is 344 g/mol. The van der Waals surface area contributed by atoms with Crippen molar-refractivity contribution in [1.29, 1.82) is 0 Å². The summed E-state index contributed by atoms with van der Waals surface area (Å²) in [6.45, 7) is 2.13. The fraction of sp³-hybridized carbons (Fsp3) is 0.500. The number of nitrogens with zero attached hydrogens (tertiary/aromatic N) is 4. The smallest absolute Gasteiger partial charge is 0.300 e. The molecule has 9 heteroatoms. The summed E-state index contributed by atoms with van der Waals surface area (Å²) in [4.78, 5) is 23.5. The lowest BCUT2D eigenvalue weighted by atomic mass is 10.4. The number of hydrogen-bond donors (Lipinski definition) is 0. The highest BCUT2D eigenvalue weighted by Gasteiger charge is 2.09. The molecule has 0 aliphatic rings. The van der Waals surface area contributed by atoms with Crippen molar-refractivity contribution >= 4 is 34.9 Å². The fourth-order valence-electron chi connectivity index (χ4n) is 1.56. The maximum Gasteiger partial charge on any atom is 0.330 e. The first-order valence-corrected chi connectivity index (χ1v) is 9.16. The SMILES string of the molecule is CCCSc1nnc(SCc2cc(=O)n(C)c(=O)n2C)s1. The first-order chi connectivity index (χ1) is 10.0. The average Bonchev–Trinajstić information content (AvgIpc) is 2.93. The van der Waals surface area contributed by atoms with Crippen molar-refractivity contribution in [2.45, 2.75) is 27.8 Å². The Morgan fingerprint density at radius 1 is 1.14 bits per heavy atom. The quantitative estimate of drug-likeness (QED) is 0.743. The lowest BCUT2D eigenvalue weighted by Gasteiger charge is -2.07. The molecule has 114 valence electrons. The van der Waals surface area contributed by atoms with Gasteiger partial charge in [0.05, 0.1) is 0 Å². The number of rotatable bonds is 6. The predicted octanol–water partition coefficient (Wildman–Crippen LogP) is 1.73. The third-order valence-electron chi connectivity index (χ3n) is 2.79. The highest BCUT2D eigenvalue weighted by atomic mass is 32.2. The van der Waals surface area contributed by atoms with Gasteiger partial charge < -0.3 is 0 Å². The van der Waals surface area contributed by atoms with E-state index in [1.807, 2.05) is 0 Å². The van der Waals surface area contributed by atoms with Crippen molar-refractivity contribution in [2.24, 2.45) is 14.1 Å². The summed E-state index contributed by atoms with van der Waals surface area (Å²) in [6, 6.07) is 1.49. The molecule has 2 aromatic rings. The Bertz CT molecular complexity index is 735. The van der Waals surface area contributed by atoms with E-state index in [1.165, 1.54) is 29.4 Å². The van der Waals surface area contributed by atoms with E-state index in [0.29, 0.717) is 11.4 Å². The van der Waals surface area contributed by atoms with Gasteiger partial charge in [0.1, 0.15) is 0 Å². The second kappa shape index (κ2) is 7.28. The molecule has 0 aromatic carbocycles. The topological polar surface area (TPSA) is 69.8 Å². The number of hydrogen-bond acceptors (Lipinski definition) is 7.